The molecule has 0 aliphatic rings. The molecule has 0 saturated heterocycles. The number of thiophene rings is 1. The number of rotatable bonds is 7. The highest BCUT2D eigenvalue weighted by Gasteiger charge is 2.03. The van der Waals surface area contributed by atoms with Crippen LogP contribution in [-0.4, -0.2) is 6.61 Å². The number of hydrogen-bond acceptors (Lipinski definition) is 4. The van der Waals surface area contributed by atoms with Gasteiger partial charge in [-0.15, -0.1) is 0 Å². The number of hydrogen-bond donors (Lipinski definition) is 0. The summed E-state index contributed by atoms with van der Waals surface area (Å²) in [5.41, 5.74) is 2.17. The summed E-state index contributed by atoms with van der Waals surface area (Å²) in [6, 6.07) is 11.2. The number of nitrogens with zero attached hydrogens (tertiary/aromatic N) is 2. The van der Waals surface area contributed by atoms with Crippen LogP contribution in [-0.2, 0) is 6.42 Å². The predicted molar refractivity (Wildman–Crippen MR) is 83.2 cm³/mol. The molecule has 1 aromatic heterocycles. The van der Waals surface area contributed by atoms with E-state index < -0.39 is 0 Å². The van der Waals surface area contributed by atoms with Crippen LogP contribution in [0.4, 0.5) is 0 Å². The Hall–Kier alpha value is -2.30. The molecule has 0 spiro atoms. The summed E-state index contributed by atoms with van der Waals surface area (Å²) in [5, 5.41) is 22.1. The van der Waals surface area contributed by atoms with Crippen molar-refractivity contribution in [3.63, 3.8) is 0 Å². The van der Waals surface area contributed by atoms with Crippen molar-refractivity contribution >= 4 is 11.3 Å². The van der Waals surface area contributed by atoms with Gasteiger partial charge in [-0.05, 0) is 66.3 Å². The Bertz CT molecular complexity index is 650. The molecule has 3 nitrogen and oxygen atoms in total. The van der Waals surface area contributed by atoms with Crippen LogP contribution >= 0.6 is 11.3 Å². The van der Waals surface area contributed by atoms with Gasteiger partial charge in [0.25, 0.3) is 0 Å². The first-order chi connectivity index (χ1) is 10.3. The molecular formula is C17H16N2OS. The van der Waals surface area contributed by atoms with Crippen LogP contribution in [0.25, 0.3) is 0 Å². The molecule has 0 fully saturated rings. The van der Waals surface area contributed by atoms with E-state index in [1.54, 1.807) is 29.5 Å². The van der Waals surface area contributed by atoms with Crippen LogP contribution in [0.2, 0.25) is 0 Å². The first kappa shape index (κ1) is 15.1. The van der Waals surface area contributed by atoms with Gasteiger partial charge in [0, 0.05) is 0 Å². The number of benzene rings is 1. The molecule has 0 saturated carbocycles. The molecule has 0 aliphatic heterocycles. The van der Waals surface area contributed by atoms with E-state index in [4.69, 9.17) is 15.3 Å². The van der Waals surface area contributed by atoms with Crippen molar-refractivity contribution in [3.8, 4) is 17.9 Å². The van der Waals surface area contributed by atoms with Crippen molar-refractivity contribution < 1.29 is 4.74 Å². The van der Waals surface area contributed by atoms with Gasteiger partial charge >= 0.3 is 0 Å². The molecule has 2 rings (SSSR count). The summed E-state index contributed by atoms with van der Waals surface area (Å²) in [5.74, 6) is 0.656. The maximum Gasteiger partial charge on any atom is 0.120 e. The van der Waals surface area contributed by atoms with Gasteiger partial charge in [-0.2, -0.15) is 21.9 Å². The van der Waals surface area contributed by atoms with Crippen LogP contribution in [0.1, 0.15) is 36.0 Å². The Morgan fingerprint density at radius 3 is 2.57 bits per heavy atom. The number of unbranched alkanes of at least 4 members (excludes halogenated alkanes) is 2. The van der Waals surface area contributed by atoms with E-state index in [0.29, 0.717) is 23.5 Å². The molecule has 0 aliphatic carbocycles. The topological polar surface area (TPSA) is 56.8 Å². The van der Waals surface area contributed by atoms with Crippen LogP contribution in [0.3, 0.4) is 0 Å². The van der Waals surface area contributed by atoms with Gasteiger partial charge in [0.05, 0.1) is 17.7 Å². The van der Waals surface area contributed by atoms with E-state index in [1.807, 2.05) is 12.1 Å². The van der Waals surface area contributed by atoms with Gasteiger partial charge in [-0.3, -0.25) is 0 Å². The molecular weight excluding hydrogens is 280 g/mol. The van der Waals surface area contributed by atoms with Crippen molar-refractivity contribution in [3.05, 3.63) is 51.7 Å². The minimum Gasteiger partial charge on any atom is -0.494 e. The van der Waals surface area contributed by atoms with E-state index in [2.05, 4.69) is 16.8 Å². The highest BCUT2D eigenvalue weighted by molar-refractivity contribution is 7.07. The molecule has 21 heavy (non-hydrogen) atoms. The quantitative estimate of drug-likeness (QED) is 0.716. The zero-order valence-corrected chi connectivity index (χ0v) is 12.5. The third kappa shape index (κ3) is 4.63. The summed E-state index contributed by atoms with van der Waals surface area (Å²) in [6.45, 7) is 0.639. The van der Waals surface area contributed by atoms with Crippen molar-refractivity contribution in [2.75, 3.05) is 6.61 Å². The van der Waals surface area contributed by atoms with Crippen molar-refractivity contribution in [1.29, 1.82) is 10.5 Å². The number of nitriles is 2. The molecule has 4 heteroatoms. The van der Waals surface area contributed by atoms with Crippen LogP contribution < -0.4 is 4.74 Å². The Morgan fingerprint density at radius 1 is 1.00 bits per heavy atom. The van der Waals surface area contributed by atoms with Crippen molar-refractivity contribution in [1.82, 2.24) is 0 Å². The summed E-state index contributed by atoms with van der Waals surface area (Å²) >= 11 is 1.74. The molecule has 0 bridgehead atoms. The van der Waals surface area contributed by atoms with Crippen LogP contribution in [0.5, 0.6) is 5.75 Å². The Kier molecular flexibility index (Phi) is 5.82. The molecule has 2 aromatic rings. The van der Waals surface area contributed by atoms with E-state index in [0.717, 1.165) is 25.7 Å². The lowest BCUT2D eigenvalue weighted by atomic mass is 10.1. The maximum atomic E-state index is 8.95. The molecule has 1 heterocycles. The largest absolute Gasteiger partial charge is 0.494 e. The predicted octanol–water partition coefficient (Wildman–Crippen LogP) is 4.28. The van der Waals surface area contributed by atoms with Gasteiger partial charge in [-0.1, -0.05) is 0 Å². The highest BCUT2D eigenvalue weighted by atomic mass is 32.1. The van der Waals surface area contributed by atoms with E-state index in [9.17, 15) is 0 Å². The molecule has 0 atom stereocenters. The van der Waals surface area contributed by atoms with Gasteiger partial charge < -0.3 is 4.74 Å². The standard InChI is InChI=1S/C17H16N2OS/c18-11-15-5-6-17(10-16(15)12-19)20-8-3-1-2-4-14-7-9-21-13-14/h5-7,9-10,13H,1-4,8H2. The van der Waals surface area contributed by atoms with Gasteiger partial charge in [-0.25, -0.2) is 0 Å². The minimum atomic E-state index is 0.368. The Balaban J connectivity index is 1.69. The average molecular weight is 296 g/mol. The molecule has 0 N–H and O–H groups in total. The normalized spacial score (nSPS) is 9.81. The summed E-state index contributed by atoms with van der Waals surface area (Å²) < 4.78 is 5.63. The van der Waals surface area contributed by atoms with Gasteiger partial charge in [0.1, 0.15) is 17.9 Å². The molecule has 1 aromatic carbocycles. The van der Waals surface area contributed by atoms with E-state index in [-0.39, 0.29) is 0 Å². The zero-order chi connectivity index (χ0) is 14.9. The Morgan fingerprint density at radius 2 is 1.86 bits per heavy atom. The molecule has 106 valence electrons. The molecule has 0 amide bonds. The summed E-state index contributed by atoms with van der Waals surface area (Å²) in [6.07, 6.45) is 4.40. The second-order valence-electron chi connectivity index (χ2n) is 4.72. The monoisotopic (exact) mass is 296 g/mol. The SMILES string of the molecule is N#Cc1ccc(OCCCCCc2ccsc2)cc1C#N. The van der Waals surface area contributed by atoms with E-state index >= 15 is 0 Å². The second-order valence-corrected chi connectivity index (χ2v) is 5.50. The Labute approximate surface area is 129 Å². The zero-order valence-electron chi connectivity index (χ0n) is 11.7. The fraction of sp³-hybridized carbons (Fsp3) is 0.294. The van der Waals surface area contributed by atoms with Crippen LogP contribution in [0.15, 0.2) is 35.0 Å². The van der Waals surface area contributed by atoms with Crippen molar-refractivity contribution in [2.45, 2.75) is 25.7 Å². The van der Waals surface area contributed by atoms with Crippen molar-refractivity contribution in [2.24, 2.45) is 0 Å². The second kappa shape index (κ2) is 8.09. The molecule has 0 unspecified atom stereocenters. The fourth-order valence-corrected chi connectivity index (χ4v) is 2.74. The maximum absolute atomic E-state index is 8.95. The highest BCUT2D eigenvalue weighted by Crippen LogP contribution is 2.17. The lowest BCUT2D eigenvalue weighted by molar-refractivity contribution is 0.305. The summed E-state index contributed by atoms with van der Waals surface area (Å²) in [7, 11) is 0. The average Bonchev–Trinajstić information content (AvgIpc) is 3.03. The molecule has 0 radical (unpaired) electrons. The third-order valence-electron chi connectivity index (χ3n) is 3.19. The fourth-order valence-electron chi connectivity index (χ4n) is 2.04. The number of aryl methyl sites for hydroxylation is 1. The van der Waals surface area contributed by atoms with E-state index in [1.165, 1.54) is 5.56 Å². The summed E-state index contributed by atoms with van der Waals surface area (Å²) in [4.78, 5) is 0. The lowest BCUT2D eigenvalue weighted by Crippen LogP contribution is -1.98. The van der Waals surface area contributed by atoms with Gasteiger partial charge in [0.15, 0.2) is 0 Å². The number of ether oxygens (including phenoxy) is 1. The van der Waals surface area contributed by atoms with Crippen LogP contribution in [0, 0.1) is 22.7 Å². The lowest BCUT2D eigenvalue weighted by Gasteiger charge is -2.06. The minimum absolute atomic E-state index is 0.368. The first-order valence-corrected chi connectivity index (χ1v) is 7.86. The first-order valence-electron chi connectivity index (χ1n) is 6.91. The third-order valence-corrected chi connectivity index (χ3v) is 3.92. The van der Waals surface area contributed by atoms with Gasteiger partial charge in [0.2, 0.25) is 0 Å². The smallest absolute Gasteiger partial charge is 0.120 e.